The lowest BCUT2D eigenvalue weighted by Gasteiger charge is -2.22. The van der Waals surface area contributed by atoms with Crippen molar-refractivity contribution in [2.24, 2.45) is 11.1 Å². The Morgan fingerprint density at radius 1 is 1.59 bits per heavy atom. The number of thiophene rings is 1. The van der Waals surface area contributed by atoms with E-state index in [1.807, 2.05) is 6.07 Å². The molecule has 0 aliphatic heterocycles. The van der Waals surface area contributed by atoms with E-state index < -0.39 is 0 Å². The summed E-state index contributed by atoms with van der Waals surface area (Å²) in [5.41, 5.74) is 6.01. The van der Waals surface area contributed by atoms with Crippen LogP contribution in [0.1, 0.15) is 24.1 Å². The Bertz CT molecular complexity index is 412. The zero-order valence-electron chi connectivity index (χ0n) is 9.91. The van der Waals surface area contributed by atoms with E-state index in [1.165, 1.54) is 17.7 Å². The fourth-order valence-corrected chi connectivity index (χ4v) is 3.74. The van der Waals surface area contributed by atoms with Gasteiger partial charge in [0.25, 0.3) is 0 Å². The third-order valence-electron chi connectivity index (χ3n) is 3.17. The molecule has 0 saturated heterocycles. The summed E-state index contributed by atoms with van der Waals surface area (Å²) in [4.78, 5) is 4.30. The Hall–Kier alpha value is -0.160. The highest BCUT2D eigenvalue weighted by molar-refractivity contribution is 7.80. The van der Waals surface area contributed by atoms with Crippen LogP contribution in [0.5, 0.6) is 0 Å². The minimum Gasteiger partial charge on any atom is -0.393 e. The highest BCUT2D eigenvalue weighted by Crippen LogP contribution is 2.49. The van der Waals surface area contributed by atoms with Crippen molar-refractivity contribution >= 4 is 40.1 Å². The fourth-order valence-electron chi connectivity index (χ4n) is 2.27. The van der Waals surface area contributed by atoms with Crippen molar-refractivity contribution in [1.29, 1.82) is 0 Å². The number of halogens is 1. The summed E-state index contributed by atoms with van der Waals surface area (Å²) < 4.78 is 0.859. The van der Waals surface area contributed by atoms with Gasteiger partial charge in [-0.15, -0.1) is 11.3 Å². The summed E-state index contributed by atoms with van der Waals surface area (Å²) in [6, 6.07) is 4.05. The van der Waals surface area contributed by atoms with Crippen LogP contribution in [0.4, 0.5) is 0 Å². The first kappa shape index (κ1) is 13.3. The van der Waals surface area contributed by atoms with Gasteiger partial charge in [0.15, 0.2) is 0 Å². The standard InChI is InChI=1S/C12H17ClN2S2/c1-15(7-9-2-3-10(13)17-9)8-12(4-5-12)6-11(14)16/h2-3H,4-8H2,1H3,(H2,14,16). The van der Waals surface area contributed by atoms with E-state index in [0.29, 0.717) is 10.4 Å². The Morgan fingerprint density at radius 2 is 2.29 bits per heavy atom. The SMILES string of the molecule is CN(Cc1ccc(Cl)s1)CC1(CC(N)=S)CC1. The molecule has 2 nitrogen and oxygen atoms in total. The number of thiocarbonyl (C=S) groups is 1. The lowest BCUT2D eigenvalue weighted by atomic mass is 10.0. The quantitative estimate of drug-likeness (QED) is 0.815. The monoisotopic (exact) mass is 288 g/mol. The van der Waals surface area contributed by atoms with E-state index in [9.17, 15) is 0 Å². The maximum absolute atomic E-state index is 5.92. The Morgan fingerprint density at radius 3 is 2.76 bits per heavy atom. The van der Waals surface area contributed by atoms with Crippen LogP contribution in [0.2, 0.25) is 4.34 Å². The van der Waals surface area contributed by atoms with Crippen molar-refractivity contribution in [2.75, 3.05) is 13.6 Å². The van der Waals surface area contributed by atoms with Crippen LogP contribution in [-0.2, 0) is 6.54 Å². The van der Waals surface area contributed by atoms with E-state index in [2.05, 4.69) is 18.0 Å². The molecule has 0 spiro atoms. The van der Waals surface area contributed by atoms with Gasteiger partial charge in [-0.25, -0.2) is 0 Å². The molecule has 0 atom stereocenters. The number of hydrogen-bond donors (Lipinski definition) is 1. The lowest BCUT2D eigenvalue weighted by Crippen LogP contribution is -2.29. The molecule has 1 fully saturated rings. The zero-order valence-corrected chi connectivity index (χ0v) is 12.3. The molecule has 1 aliphatic rings. The second kappa shape index (κ2) is 5.22. The molecule has 1 heterocycles. The van der Waals surface area contributed by atoms with Gasteiger partial charge < -0.3 is 10.6 Å². The molecule has 2 N–H and O–H groups in total. The number of hydrogen-bond acceptors (Lipinski definition) is 3. The smallest absolute Gasteiger partial charge is 0.0931 e. The first-order valence-corrected chi connectivity index (χ1v) is 7.30. The molecule has 1 aromatic heterocycles. The topological polar surface area (TPSA) is 29.3 Å². The fraction of sp³-hybridized carbons (Fsp3) is 0.583. The third-order valence-corrected chi connectivity index (χ3v) is 4.53. The van der Waals surface area contributed by atoms with E-state index in [-0.39, 0.29) is 0 Å². The second-order valence-electron chi connectivity index (χ2n) is 5.02. The van der Waals surface area contributed by atoms with Gasteiger partial charge in [0.1, 0.15) is 0 Å². The molecular weight excluding hydrogens is 272 g/mol. The maximum Gasteiger partial charge on any atom is 0.0931 e. The van der Waals surface area contributed by atoms with Crippen molar-refractivity contribution in [3.8, 4) is 0 Å². The van der Waals surface area contributed by atoms with Crippen LogP contribution >= 0.6 is 35.2 Å². The summed E-state index contributed by atoms with van der Waals surface area (Å²) in [5, 5.41) is 0. The maximum atomic E-state index is 5.92. The van der Waals surface area contributed by atoms with Crippen LogP contribution in [0.15, 0.2) is 12.1 Å². The first-order chi connectivity index (χ1) is 7.99. The second-order valence-corrected chi connectivity index (χ2v) is 7.35. The normalized spacial score (nSPS) is 17.4. The van der Waals surface area contributed by atoms with Gasteiger partial charge in [-0.3, -0.25) is 0 Å². The van der Waals surface area contributed by atoms with Crippen molar-refractivity contribution < 1.29 is 0 Å². The van der Waals surface area contributed by atoms with Gasteiger partial charge in [0.2, 0.25) is 0 Å². The van der Waals surface area contributed by atoms with E-state index in [4.69, 9.17) is 29.6 Å². The molecule has 94 valence electrons. The average molecular weight is 289 g/mol. The molecule has 0 aromatic carbocycles. The van der Waals surface area contributed by atoms with Crippen LogP contribution in [0.25, 0.3) is 0 Å². The summed E-state index contributed by atoms with van der Waals surface area (Å²) in [6.07, 6.45) is 3.39. The van der Waals surface area contributed by atoms with E-state index in [1.54, 1.807) is 11.3 Å². The summed E-state index contributed by atoms with van der Waals surface area (Å²) in [5.74, 6) is 0. The van der Waals surface area contributed by atoms with Crippen LogP contribution < -0.4 is 5.73 Å². The van der Waals surface area contributed by atoms with E-state index in [0.717, 1.165) is 23.8 Å². The van der Waals surface area contributed by atoms with Gasteiger partial charge >= 0.3 is 0 Å². The minimum atomic E-state index is 0.363. The molecule has 2 rings (SSSR count). The highest BCUT2D eigenvalue weighted by Gasteiger charge is 2.43. The molecule has 1 saturated carbocycles. The van der Waals surface area contributed by atoms with Gasteiger partial charge in [-0.2, -0.15) is 0 Å². The molecule has 1 aromatic rings. The largest absolute Gasteiger partial charge is 0.393 e. The summed E-state index contributed by atoms with van der Waals surface area (Å²) in [7, 11) is 2.15. The highest BCUT2D eigenvalue weighted by atomic mass is 35.5. The van der Waals surface area contributed by atoms with Crippen LogP contribution in [0.3, 0.4) is 0 Å². The number of rotatable bonds is 6. The Labute approximate surface area is 117 Å². The van der Waals surface area contributed by atoms with Gasteiger partial charge in [0.05, 0.1) is 9.32 Å². The van der Waals surface area contributed by atoms with Gasteiger partial charge in [0, 0.05) is 24.4 Å². The predicted octanol–water partition coefficient (Wildman–Crippen LogP) is 3.29. The molecule has 5 heteroatoms. The van der Waals surface area contributed by atoms with Crippen LogP contribution in [0, 0.1) is 5.41 Å². The molecule has 1 aliphatic carbocycles. The van der Waals surface area contributed by atoms with Crippen molar-refractivity contribution in [3.63, 3.8) is 0 Å². The van der Waals surface area contributed by atoms with Crippen molar-refractivity contribution in [2.45, 2.75) is 25.8 Å². The first-order valence-electron chi connectivity index (χ1n) is 5.70. The average Bonchev–Trinajstić information content (AvgIpc) is 2.80. The molecule has 0 radical (unpaired) electrons. The van der Waals surface area contributed by atoms with Crippen LogP contribution in [-0.4, -0.2) is 23.5 Å². The molecule has 0 bridgehead atoms. The summed E-state index contributed by atoms with van der Waals surface area (Å²) >= 11 is 12.6. The molecule has 17 heavy (non-hydrogen) atoms. The number of nitrogens with two attached hydrogens (primary N) is 1. The Kier molecular flexibility index (Phi) is 4.08. The van der Waals surface area contributed by atoms with Crippen molar-refractivity contribution in [1.82, 2.24) is 4.90 Å². The molecule has 0 unspecified atom stereocenters. The van der Waals surface area contributed by atoms with Crippen molar-refractivity contribution in [3.05, 3.63) is 21.3 Å². The molecule has 0 amide bonds. The summed E-state index contributed by atoms with van der Waals surface area (Å²) in [6.45, 7) is 2.02. The predicted molar refractivity (Wildman–Crippen MR) is 78.7 cm³/mol. The van der Waals surface area contributed by atoms with E-state index >= 15 is 0 Å². The minimum absolute atomic E-state index is 0.363. The zero-order chi connectivity index (χ0) is 12.5. The van der Waals surface area contributed by atoms with Gasteiger partial charge in [-0.1, -0.05) is 23.8 Å². The van der Waals surface area contributed by atoms with Gasteiger partial charge in [-0.05, 0) is 37.4 Å². The lowest BCUT2D eigenvalue weighted by molar-refractivity contribution is 0.262. The third kappa shape index (κ3) is 3.91. The molecular formula is C12H17ClN2S2. The number of nitrogens with zero attached hydrogens (tertiary/aromatic N) is 1. The Balaban J connectivity index is 1.85.